The molecule has 0 aliphatic carbocycles. The Balaban J connectivity index is 1.80. The van der Waals surface area contributed by atoms with Gasteiger partial charge in [0.05, 0.1) is 41.7 Å². The van der Waals surface area contributed by atoms with E-state index in [-0.39, 0.29) is 15.7 Å². The molecule has 0 aliphatic rings. The number of thioether (sulfide) groups is 1. The summed E-state index contributed by atoms with van der Waals surface area (Å²) in [5.74, 6) is 0.536. The van der Waals surface area contributed by atoms with Crippen LogP contribution in [0.5, 0.6) is 11.5 Å². The van der Waals surface area contributed by atoms with Crippen LogP contribution in [0.3, 0.4) is 0 Å². The van der Waals surface area contributed by atoms with Crippen molar-refractivity contribution in [2.45, 2.75) is 35.1 Å². The van der Waals surface area contributed by atoms with Gasteiger partial charge in [-0.3, -0.25) is 4.57 Å². The molecule has 3 aromatic carbocycles. The number of sulfonamides is 1. The normalized spacial score (nSPS) is 12.0. The van der Waals surface area contributed by atoms with Crippen LogP contribution in [0.4, 0.5) is 4.39 Å². The van der Waals surface area contributed by atoms with Gasteiger partial charge in [0, 0.05) is 22.3 Å². The molecule has 7 nitrogen and oxygen atoms in total. The minimum absolute atomic E-state index is 0.0661. The molecule has 0 spiro atoms. The second-order valence-corrected chi connectivity index (χ2v) is 12.5. The first kappa shape index (κ1) is 29.2. The summed E-state index contributed by atoms with van der Waals surface area (Å²) in [6.45, 7) is 4.09. The fourth-order valence-corrected chi connectivity index (χ4v) is 6.20. The van der Waals surface area contributed by atoms with Gasteiger partial charge in [-0.1, -0.05) is 60.9 Å². The van der Waals surface area contributed by atoms with Gasteiger partial charge in [-0.25, -0.2) is 22.9 Å². The number of halogens is 3. The van der Waals surface area contributed by atoms with Crippen molar-refractivity contribution in [2.24, 2.45) is 5.14 Å². The SMILES string of the molecule is COc1cc(-n2c(C(C)(C)c3ccc(Cl)c(OC)c3)cnc2SCc2ccc(S(N)(=O)=O)cc2Cl)ccc1F. The lowest BCUT2D eigenvalue weighted by atomic mass is 9.81. The van der Waals surface area contributed by atoms with Gasteiger partial charge in [-0.15, -0.1) is 0 Å². The summed E-state index contributed by atoms with van der Waals surface area (Å²) in [5, 5.41) is 6.59. The van der Waals surface area contributed by atoms with E-state index in [0.717, 1.165) is 11.3 Å². The van der Waals surface area contributed by atoms with Crippen LogP contribution in [0.2, 0.25) is 10.0 Å². The molecule has 0 radical (unpaired) electrons. The highest BCUT2D eigenvalue weighted by molar-refractivity contribution is 7.98. The topological polar surface area (TPSA) is 96.4 Å². The van der Waals surface area contributed by atoms with Crippen LogP contribution < -0.4 is 14.6 Å². The molecule has 0 unspecified atom stereocenters. The third kappa shape index (κ3) is 6.05. The lowest BCUT2D eigenvalue weighted by molar-refractivity contribution is 0.386. The van der Waals surface area contributed by atoms with Gasteiger partial charge in [-0.05, 0) is 47.5 Å². The fourth-order valence-electron chi connectivity index (χ4n) is 4.08. The number of ether oxygens (including phenoxy) is 2. The maximum atomic E-state index is 14.3. The smallest absolute Gasteiger partial charge is 0.238 e. The van der Waals surface area contributed by atoms with Crippen LogP contribution in [0, 0.1) is 5.82 Å². The molecule has 39 heavy (non-hydrogen) atoms. The summed E-state index contributed by atoms with van der Waals surface area (Å²) >= 11 is 14.0. The third-order valence-electron chi connectivity index (χ3n) is 6.35. The first-order valence-electron chi connectivity index (χ1n) is 11.6. The highest BCUT2D eigenvalue weighted by Gasteiger charge is 2.30. The summed E-state index contributed by atoms with van der Waals surface area (Å²) < 4.78 is 50.3. The van der Waals surface area contributed by atoms with E-state index in [0.29, 0.717) is 32.9 Å². The van der Waals surface area contributed by atoms with E-state index in [1.807, 2.05) is 30.5 Å². The fraction of sp³-hybridized carbons (Fsp3) is 0.222. The van der Waals surface area contributed by atoms with Crippen LogP contribution in [-0.2, 0) is 21.2 Å². The molecule has 1 aromatic heterocycles. The highest BCUT2D eigenvalue weighted by atomic mass is 35.5. The first-order valence-corrected chi connectivity index (χ1v) is 14.9. The maximum absolute atomic E-state index is 14.3. The first-order chi connectivity index (χ1) is 18.4. The van der Waals surface area contributed by atoms with Crippen molar-refractivity contribution >= 4 is 45.0 Å². The average Bonchev–Trinajstić information content (AvgIpc) is 3.32. The van der Waals surface area contributed by atoms with E-state index in [9.17, 15) is 12.8 Å². The van der Waals surface area contributed by atoms with Gasteiger partial charge in [0.15, 0.2) is 16.7 Å². The van der Waals surface area contributed by atoms with Crippen LogP contribution >= 0.6 is 35.0 Å². The standard InChI is InChI=1S/C27H26Cl2FN3O4S2/c1-27(2,17-6-9-20(28)23(11-17)36-3)25-14-32-26(33(25)18-7-10-22(30)24(12-18)37-4)38-15-16-5-8-19(13-21(16)29)39(31,34)35/h5-14H,15H2,1-4H3,(H2,31,34,35). The van der Waals surface area contributed by atoms with Crippen LogP contribution in [-0.4, -0.2) is 32.2 Å². The molecule has 4 aromatic rings. The molecular weight excluding hydrogens is 584 g/mol. The summed E-state index contributed by atoms with van der Waals surface area (Å²) in [6, 6.07) is 14.5. The molecule has 2 N–H and O–H groups in total. The van der Waals surface area contributed by atoms with Crippen LogP contribution in [0.1, 0.15) is 30.7 Å². The summed E-state index contributed by atoms with van der Waals surface area (Å²) in [4.78, 5) is 4.63. The second kappa shape index (κ2) is 11.4. The number of primary sulfonamides is 1. The highest BCUT2D eigenvalue weighted by Crippen LogP contribution is 2.40. The second-order valence-electron chi connectivity index (χ2n) is 9.14. The van der Waals surface area contributed by atoms with Gasteiger partial charge in [0.2, 0.25) is 10.0 Å². The van der Waals surface area contributed by atoms with Crippen molar-refractivity contribution in [3.8, 4) is 17.2 Å². The molecule has 4 rings (SSSR count). The number of aromatic nitrogens is 2. The van der Waals surface area contributed by atoms with Gasteiger partial charge < -0.3 is 9.47 Å². The molecule has 206 valence electrons. The van der Waals surface area contributed by atoms with Crippen molar-refractivity contribution in [2.75, 3.05) is 14.2 Å². The van der Waals surface area contributed by atoms with Crippen molar-refractivity contribution < 1.29 is 22.3 Å². The number of nitrogens with two attached hydrogens (primary N) is 1. The molecule has 0 amide bonds. The van der Waals surface area contributed by atoms with Crippen molar-refractivity contribution in [1.82, 2.24) is 9.55 Å². The molecular formula is C27H26Cl2FN3O4S2. The Morgan fingerprint density at radius 3 is 2.36 bits per heavy atom. The number of imidazole rings is 1. The molecule has 0 fully saturated rings. The molecule has 0 aliphatic heterocycles. The minimum atomic E-state index is -3.88. The molecule has 0 atom stereocenters. The monoisotopic (exact) mass is 609 g/mol. The summed E-state index contributed by atoms with van der Waals surface area (Å²) in [5.41, 5.74) is 2.51. The van der Waals surface area contributed by atoms with E-state index < -0.39 is 21.3 Å². The Morgan fingerprint density at radius 2 is 1.72 bits per heavy atom. The molecule has 1 heterocycles. The lowest BCUT2D eigenvalue weighted by Crippen LogP contribution is -2.23. The van der Waals surface area contributed by atoms with E-state index in [2.05, 4.69) is 0 Å². The zero-order chi connectivity index (χ0) is 28.5. The lowest BCUT2D eigenvalue weighted by Gasteiger charge is -2.28. The van der Waals surface area contributed by atoms with E-state index in [1.165, 1.54) is 37.1 Å². The van der Waals surface area contributed by atoms with E-state index in [1.54, 1.807) is 37.6 Å². The molecule has 0 saturated carbocycles. The number of methoxy groups -OCH3 is 2. The molecule has 0 bridgehead atoms. The number of rotatable bonds is 9. The zero-order valence-corrected chi connectivity index (χ0v) is 24.7. The Labute approximate surface area is 241 Å². The Kier molecular flexibility index (Phi) is 8.53. The van der Waals surface area contributed by atoms with E-state index >= 15 is 0 Å². The maximum Gasteiger partial charge on any atom is 0.238 e. The Bertz CT molecular complexity index is 1640. The number of hydrogen-bond acceptors (Lipinski definition) is 6. The zero-order valence-electron chi connectivity index (χ0n) is 21.5. The van der Waals surface area contributed by atoms with Crippen molar-refractivity contribution in [3.63, 3.8) is 0 Å². The summed E-state index contributed by atoms with van der Waals surface area (Å²) in [6.07, 6.45) is 1.77. The molecule has 0 saturated heterocycles. The van der Waals surface area contributed by atoms with Gasteiger partial charge in [0.1, 0.15) is 5.75 Å². The van der Waals surface area contributed by atoms with Crippen molar-refractivity contribution in [1.29, 1.82) is 0 Å². The predicted octanol–water partition coefficient (Wildman–Crippen LogP) is 6.60. The number of hydrogen-bond donors (Lipinski definition) is 1. The quantitative estimate of drug-likeness (QED) is 0.215. The van der Waals surface area contributed by atoms with Gasteiger partial charge >= 0.3 is 0 Å². The average molecular weight is 611 g/mol. The van der Waals surface area contributed by atoms with Gasteiger partial charge in [0.25, 0.3) is 0 Å². The van der Waals surface area contributed by atoms with E-state index in [4.69, 9.17) is 42.8 Å². The van der Waals surface area contributed by atoms with Crippen LogP contribution in [0.25, 0.3) is 5.69 Å². The van der Waals surface area contributed by atoms with Crippen LogP contribution in [0.15, 0.2) is 70.8 Å². The number of nitrogens with zero attached hydrogens (tertiary/aromatic N) is 2. The van der Waals surface area contributed by atoms with Gasteiger partial charge in [-0.2, -0.15) is 0 Å². The van der Waals surface area contributed by atoms with Crippen molar-refractivity contribution in [3.05, 3.63) is 93.5 Å². The Hall–Kier alpha value is -2.76. The minimum Gasteiger partial charge on any atom is -0.495 e. The third-order valence-corrected chi connectivity index (χ3v) is 8.92. The molecule has 12 heteroatoms. The largest absolute Gasteiger partial charge is 0.495 e. The number of benzene rings is 3. The summed E-state index contributed by atoms with van der Waals surface area (Å²) in [7, 11) is -0.912. The predicted molar refractivity (Wildman–Crippen MR) is 153 cm³/mol. The Morgan fingerprint density at radius 1 is 1.00 bits per heavy atom.